The van der Waals surface area contributed by atoms with Gasteiger partial charge in [0.25, 0.3) is 0 Å². The van der Waals surface area contributed by atoms with Crippen molar-refractivity contribution in [2.45, 2.75) is 102 Å². The monoisotopic (exact) mass is 498 g/mol. The average Bonchev–Trinajstić information content (AvgIpc) is 3.29. The Hall–Kier alpha value is -1.48. The molecular weight excluding hydrogens is 452 g/mol. The fraction of sp³-hybridized carbons (Fsp3) is 0.880. The molecule has 0 aromatic heterocycles. The Bertz CT molecular complexity index is 680. The van der Waals surface area contributed by atoms with Crippen molar-refractivity contribution in [3.8, 4) is 0 Å². The van der Waals surface area contributed by atoms with E-state index in [4.69, 9.17) is 10.5 Å². The molecule has 2 rings (SSSR count). The van der Waals surface area contributed by atoms with E-state index in [2.05, 4.69) is 24.5 Å². The summed E-state index contributed by atoms with van der Waals surface area (Å²) in [6, 6.07) is -1.01. The Balaban J connectivity index is 2.07. The molecule has 0 aromatic rings. The largest absolute Gasteiger partial charge is 0.450 e. The van der Waals surface area contributed by atoms with E-state index in [0.717, 1.165) is 37.9 Å². The van der Waals surface area contributed by atoms with Crippen molar-refractivity contribution in [1.29, 1.82) is 0 Å². The Morgan fingerprint density at radius 3 is 2.44 bits per heavy atom. The topological polar surface area (TPSA) is 114 Å². The van der Waals surface area contributed by atoms with E-state index in [9.17, 15) is 14.4 Å². The first-order chi connectivity index (χ1) is 16.0. The van der Waals surface area contributed by atoms with Gasteiger partial charge in [0, 0.05) is 23.9 Å². The third kappa shape index (κ3) is 8.63. The minimum Gasteiger partial charge on any atom is -0.450 e. The highest BCUT2D eigenvalue weighted by Crippen LogP contribution is 2.32. The van der Waals surface area contributed by atoms with Gasteiger partial charge in [0.1, 0.15) is 12.1 Å². The number of nitrogens with zero attached hydrogens (tertiary/aromatic N) is 1. The van der Waals surface area contributed by atoms with Gasteiger partial charge in [-0.25, -0.2) is 4.79 Å². The van der Waals surface area contributed by atoms with Gasteiger partial charge in [0.2, 0.25) is 11.8 Å². The van der Waals surface area contributed by atoms with Crippen molar-refractivity contribution in [3.63, 3.8) is 0 Å². The summed E-state index contributed by atoms with van der Waals surface area (Å²) < 4.78 is 4.67. The maximum atomic E-state index is 13.8. The van der Waals surface area contributed by atoms with E-state index in [-0.39, 0.29) is 17.9 Å². The highest BCUT2D eigenvalue weighted by Gasteiger charge is 2.44. The van der Waals surface area contributed by atoms with Gasteiger partial charge in [-0.3, -0.25) is 9.59 Å². The van der Waals surface area contributed by atoms with Crippen LogP contribution in [0.15, 0.2) is 0 Å². The molecule has 1 saturated carbocycles. The third-order valence-corrected chi connectivity index (χ3v) is 8.54. The molecule has 3 amide bonds. The summed E-state index contributed by atoms with van der Waals surface area (Å²) in [5, 5.41) is 5.91. The van der Waals surface area contributed by atoms with Crippen LogP contribution < -0.4 is 16.4 Å². The summed E-state index contributed by atoms with van der Waals surface area (Å²) >= 11 is 1.66. The SMILES string of the molecule is CCCOC(=O)N[C@@H](C(=O)N1CCC[C@H]1C(=O)NCC1CCC(N)CC1)C(C)(C)SCC(C)C. The lowest BCUT2D eigenvalue weighted by atomic mass is 9.86. The Labute approximate surface area is 209 Å². The number of alkyl carbamates (subject to hydrolysis) is 1. The quantitative estimate of drug-likeness (QED) is 0.403. The molecule has 2 aliphatic rings. The van der Waals surface area contributed by atoms with Crippen LogP contribution in [-0.4, -0.2) is 71.1 Å². The molecule has 0 bridgehead atoms. The Morgan fingerprint density at radius 2 is 1.82 bits per heavy atom. The molecule has 34 heavy (non-hydrogen) atoms. The second-order valence-electron chi connectivity index (χ2n) is 10.7. The number of carbonyl (C=O) groups excluding carboxylic acids is 3. The molecule has 1 saturated heterocycles. The first-order valence-corrected chi connectivity index (χ1v) is 13.9. The van der Waals surface area contributed by atoms with Crippen LogP contribution in [0.3, 0.4) is 0 Å². The standard InChI is InChI=1S/C25H46N4O4S/c1-6-14-33-24(32)28-21(25(4,5)34-16-17(2)3)23(31)29-13-7-8-20(29)22(30)27-15-18-9-11-19(26)12-10-18/h17-21H,6-16,26H2,1-5H3,(H,27,30)(H,28,32)/t18?,19?,20-,21-/m0/s1. The number of likely N-dealkylation sites (tertiary alicyclic amines) is 1. The lowest BCUT2D eigenvalue weighted by Gasteiger charge is -2.37. The molecule has 8 nitrogen and oxygen atoms in total. The average molecular weight is 499 g/mol. The summed E-state index contributed by atoms with van der Waals surface area (Å²) in [7, 11) is 0. The van der Waals surface area contributed by atoms with Crippen LogP contribution in [-0.2, 0) is 14.3 Å². The lowest BCUT2D eigenvalue weighted by Crippen LogP contribution is -2.60. The third-order valence-electron chi connectivity index (χ3n) is 6.73. The van der Waals surface area contributed by atoms with Gasteiger partial charge in [-0.15, -0.1) is 0 Å². The van der Waals surface area contributed by atoms with Gasteiger partial charge in [0.15, 0.2) is 0 Å². The number of thioether (sulfide) groups is 1. The van der Waals surface area contributed by atoms with E-state index in [1.54, 1.807) is 16.7 Å². The van der Waals surface area contributed by atoms with Crippen molar-refractivity contribution in [1.82, 2.24) is 15.5 Å². The first kappa shape index (κ1) is 28.8. The maximum absolute atomic E-state index is 13.8. The van der Waals surface area contributed by atoms with E-state index in [1.807, 2.05) is 20.8 Å². The molecule has 4 N–H and O–H groups in total. The zero-order chi connectivity index (χ0) is 25.3. The highest BCUT2D eigenvalue weighted by molar-refractivity contribution is 8.00. The van der Waals surface area contributed by atoms with Gasteiger partial charge in [-0.2, -0.15) is 11.8 Å². The van der Waals surface area contributed by atoms with Gasteiger partial charge < -0.3 is 26.0 Å². The number of hydrogen-bond acceptors (Lipinski definition) is 6. The van der Waals surface area contributed by atoms with Crippen molar-refractivity contribution < 1.29 is 19.1 Å². The summed E-state index contributed by atoms with van der Waals surface area (Å²) in [4.78, 5) is 40.9. The molecule has 1 aliphatic carbocycles. The van der Waals surface area contributed by atoms with Crippen molar-refractivity contribution in [2.75, 3.05) is 25.4 Å². The molecule has 0 spiro atoms. The van der Waals surface area contributed by atoms with Crippen molar-refractivity contribution in [3.05, 3.63) is 0 Å². The second kappa shape index (κ2) is 13.6. The van der Waals surface area contributed by atoms with Gasteiger partial charge in [0.05, 0.1) is 6.61 Å². The van der Waals surface area contributed by atoms with Crippen molar-refractivity contribution in [2.24, 2.45) is 17.6 Å². The van der Waals surface area contributed by atoms with Crippen molar-refractivity contribution >= 4 is 29.7 Å². The zero-order valence-electron chi connectivity index (χ0n) is 21.7. The summed E-state index contributed by atoms with van der Waals surface area (Å²) in [5.41, 5.74) is 5.99. The van der Waals surface area contributed by atoms with Crippen LogP contribution in [0.4, 0.5) is 4.79 Å². The molecular formula is C25H46N4O4S. The normalized spacial score (nSPS) is 24.1. The zero-order valence-corrected chi connectivity index (χ0v) is 22.5. The van der Waals surface area contributed by atoms with Crippen LogP contribution in [0.5, 0.6) is 0 Å². The minimum absolute atomic E-state index is 0.0966. The maximum Gasteiger partial charge on any atom is 0.407 e. The van der Waals surface area contributed by atoms with E-state index >= 15 is 0 Å². The number of nitrogens with one attached hydrogen (secondary N) is 2. The fourth-order valence-electron chi connectivity index (χ4n) is 4.58. The summed E-state index contributed by atoms with van der Waals surface area (Å²) in [5.74, 6) is 1.45. The molecule has 0 aromatic carbocycles. The van der Waals surface area contributed by atoms with Gasteiger partial charge in [-0.05, 0) is 76.4 Å². The predicted octanol–water partition coefficient (Wildman–Crippen LogP) is 3.28. The molecule has 196 valence electrons. The van der Waals surface area contributed by atoms with Crippen LogP contribution in [0, 0.1) is 11.8 Å². The van der Waals surface area contributed by atoms with Crippen LogP contribution in [0.1, 0.15) is 79.6 Å². The predicted molar refractivity (Wildman–Crippen MR) is 138 cm³/mol. The molecule has 0 unspecified atom stereocenters. The number of amides is 3. The first-order valence-electron chi connectivity index (χ1n) is 13.0. The number of hydrogen-bond donors (Lipinski definition) is 3. The van der Waals surface area contributed by atoms with E-state index < -0.39 is 22.9 Å². The number of nitrogens with two attached hydrogens (primary N) is 1. The van der Waals surface area contributed by atoms with Gasteiger partial charge >= 0.3 is 6.09 Å². The van der Waals surface area contributed by atoms with E-state index in [0.29, 0.717) is 44.4 Å². The molecule has 0 radical (unpaired) electrons. The Morgan fingerprint density at radius 1 is 1.15 bits per heavy atom. The highest BCUT2D eigenvalue weighted by atomic mass is 32.2. The summed E-state index contributed by atoms with van der Waals surface area (Å²) in [6.45, 7) is 11.6. The number of carbonyl (C=O) groups is 3. The minimum atomic E-state index is -0.783. The second-order valence-corrected chi connectivity index (χ2v) is 12.4. The van der Waals surface area contributed by atoms with Crippen LogP contribution in [0.25, 0.3) is 0 Å². The van der Waals surface area contributed by atoms with E-state index in [1.165, 1.54) is 0 Å². The lowest BCUT2D eigenvalue weighted by molar-refractivity contribution is -0.140. The molecule has 1 aliphatic heterocycles. The van der Waals surface area contributed by atoms with Gasteiger partial charge in [-0.1, -0.05) is 20.8 Å². The fourth-order valence-corrected chi connectivity index (χ4v) is 5.67. The molecule has 1 heterocycles. The summed E-state index contributed by atoms with van der Waals surface area (Å²) in [6.07, 6.45) is 5.59. The van der Waals surface area contributed by atoms with Crippen LogP contribution >= 0.6 is 11.8 Å². The molecule has 2 atom stereocenters. The smallest absolute Gasteiger partial charge is 0.407 e. The molecule has 9 heteroatoms. The number of rotatable bonds is 11. The Kier molecular flexibility index (Phi) is 11.5. The number of ether oxygens (including phenoxy) is 1. The van der Waals surface area contributed by atoms with Crippen LogP contribution in [0.2, 0.25) is 0 Å². The molecule has 2 fully saturated rings.